The molecule has 0 unspecified atom stereocenters. The Labute approximate surface area is 190 Å². The van der Waals surface area contributed by atoms with Gasteiger partial charge in [-0.2, -0.15) is 0 Å². The van der Waals surface area contributed by atoms with Crippen LogP contribution < -0.4 is 14.4 Å². The summed E-state index contributed by atoms with van der Waals surface area (Å²) in [6, 6.07) is 13.4. The molecule has 1 N–H and O–H groups in total. The van der Waals surface area contributed by atoms with E-state index < -0.39 is 10.0 Å². The van der Waals surface area contributed by atoms with Crippen molar-refractivity contribution < 1.29 is 17.9 Å². The molecule has 7 nitrogen and oxygen atoms in total. The molecule has 2 aromatic rings. The number of hydrogen-bond acceptors (Lipinski definition) is 5. The van der Waals surface area contributed by atoms with Gasteiger partial charge >= 0.3 is 0 Å². The summed E-state index contributed by atoms with van der Waals surface area (Å²) in [5.41, 5.74) is 3.31. The third-order valence-electron chi connectivity index (χ3n) is 6.36. The molecule has 2 aliphatic heterocycles. The monoisotopic (exact) mass is 457 g/mol. The maximum absolute atomic E-state index is 13.0. The normalized spacial score (nSPS) is 17.6. The molecular formula is C24H31N3O4S. The van der Waals surface area contributed by atoms with E-state index >= 15 is 0 Å². The minimum absolute atomic E-state index is 0.103. The van der Waals surface area contributed by atoms with Crippen LogP contribution >= 0.6 is 0 Å². The van der Waals surface area contributed by atoms with Gasteiger partial charge in [-0.15, -0.1) is 0 Å². The Balaban J connectivity index is 1.49. The number of benzene rings is 2. The lowest BCUT2D eigenvalue weighted by Gasteiger charge is -2.30. The van der Waals surface area contributed by atoms with Gasteiger partial charge < -0.3 is 10.1 Å². The Bertz CT molecular complexity index is 1060. The summed E-state index contributed by atoms with van der Waals surface area (Å²) in [6.45, 7) is 3.04. The molecule has 0 saturated carbocycles. The van der Waals surface area contributed by atoms with Crippen molar-refractivity contribution in [3.8, 4) is 5.75 Å². The molecule has 1 saturated heterocycles. The fraction of sp³-hybridized carbons (Fsp3) is 0.458. The fourth-order valence-electron chi connectivity index (χ4n) is 4.68. The zero-order valence-corrected chi connectivity index (χ0v) is 19.5. The quantitative estimate of drug-likeness (QED) is 0.692. The van der Waals surface area contributed by atoms with Gasteiger partial charge in [0.25, 0.3) is 5.91 Å². The van der Waals surface area contributed by atoms with E-state index in [4.69, 9.17) is 4.74 Å². The van der Waals surface area contributed by atoms with Gasteiger partial charge in [-0.25, -0.2) is 8.42 Å². The molecule has 8 heteroatoms. The number of amides is 1. The second-order valence-electron chi connectivity index (χ2n) is 8.52. The molecule has 0 spiro atoms. The molecule has 1 fully saturated rings. The number of rotatable bonds is 7. The Morgan fingerprint density at radius 2 is 1.78 bits per heavy atom. The third-order valence-corrected chi connectivity index (χ3v) is 7.54. The molecule has 0 radical (unpaired) electrons. The van der Waals surface area contributed by atoms with Crippen molar-refractivity contribution in [1.82, 2.24) is 10.2 Å². The molecule has 2 aliphatic rings. The van der Waals surface area contributed by atoms with Crippen LogP contribution in [0, 0.1) is 0 Å². The van der Waals surface area contributed by atoms with E-state index in [1.54, 1.807) is 19.2 Å². The van der Waals surface area contributed by atoms with Crippen LogP contribution in [0.5, 0.6) is 5.75 Å². The van der Waals surface area contributed by atoms with E-state index in [1.807, 2.05) is 18.2 Å². The predicted octanol–water partition coefficient (Wildman–Crippen LogP) is 2.97. The Morgan fingerprint density at radius 1 is 1.06 bits per heavy atom. The predicted molar refractivity (Wildman–Crippen MR) is 126 cm³/mol. The maximum Gasteiger partial charge on any atom is 0.251 e. The first-order chi connectivity index (χ1) is 15.4. The van der Waals surface area contributed by atoms with Gasteiger partial charge in [0.15, 0.2) is 0 Å². The molecule has 1 amide bonds. The number of methoxy groups -OCH3 is 1. The number of carbonyl (C=O) groups excluding carboxylic acids is 1. The van der Waals surface area contributed by atoms with Crippen molar-refractivity contribution in [2.75, 3.05) is 43.8 Å². The van der Waals surface area contributed by atoms with E-state index in [0.29, 0.717) is 24.3 Å². The topological polar surface area (TPSA) is 79.0 Å². The van der Waals surface area contributed by atoms with Gasteiger partial charge in [0.2, 0.25) is 10.0 Å². The van der Waals surface area contributed by atoms with Crippen molar-refractivity contribution >= 4 is 21.6 Å². The lowest BCUT2D eigenvalue weighted by Crippen LogP contribution is -2.37. The van der Waals surface area contributed by atoms with Gasteiger partial charge in [-0.1, -0.05) is 12.1 Å². The van der Waals surface area contributed by atoms with Crippen LogP contribution in [-0.2, 0) is 16.4 Å². The smallest absolute Gasteiger partial charge is 0.251 e. The van der Waals surface area contributed by atoms with Crippen molar-refractivity contribution in [3.05, 3.63) is 59.2 Å². The molecule has 172 valence electrons. The van der Waals surface area contributed by atoms with Gasteiger partial charge in [0.05, 0.1) is 25.1 Å². The first kappa shape index (κ1) is 22.6. The Hall–Kier alpha value is -2.58. The van der Waals surface area contributed by atoms with Crippen LogP contribution in [0.4, 0.5) is 5.69 Å². The number of ether oxygens (including phenoxy) is 1. The average molecular weight is 458 g/mol. The van der Waals surface area contributed by atoms with Crippen LogP contribution in [0.2, 0.25) is 0 Å². The molecule has 0 aliphatic carbocycles. The zero-order valence-electron chi connectivity index (χ0n) is 18.7. The highest BCUT2D eigenvalue weighted by molar-refractivity contribution is 7.92. The summed E-state index contributed by atoms with van der Waals surface area (Å²) in [5, 5.41) is 3.11. The van der Waals surface area contributed by atoms with Crippen LogP contribution in [0.1, 0.15) is 46.8 Å². The second-order valence-corrected chi connectivity index (χ2v) is 10.4. The number of sulfonamides is 1. The summed E-state index contributed by atoms with van der Waals surface area (Å²) in [6.07, 6.45) is 5.08. The van der Waals surface area contributed by atoms with Crippen LogP contribution in [0.3, 0.4) is 0 Å². The number of carbonyl (C=O) groups is 1. The number of likely N-dealkylation sites (tertiary alicyclic amines) is 1. The van der Waals surface area contributed by atoms with E-state index in [1.165, 1.54) is 23.4 Å². The molecule has 1 atom stereocenters. The van der Waals surface area contributed by atoms with E-state index in [-0.39, 0.29) is 11.9 Å². The average Bonchev–Trinajstić information content (AvgIpc) is 3.32. The number of hydrogen-bond donors (Lipinski definition) is 1. The van der Waals surface area contributed by atoms with Crippen LogP contribution in [0.15, 0.2) is 42.5 Å². The summed E-state index contributed by atoms with van der Waals surface area (Å²) in [5.74, 6) is 0.678. The summed E-state index contributed by atoms with van der Waals surface area (Å²) in [7, 11) is -1.67. The van der Waals surface area contributed by atoms with Gasteiger partial charge in [0.1, 0.15) is 5.75 Å². The minimum Gasteiger partial charge on any atom is -0.497 e. The van der Waals surface area contributed by atoms with Crippen LogP contribution in [-0.4, -0.2) is 58.8 Å². The largest absolute Gasteiger partial charge is 0.497 e. The summed E-state index contributed by atoms with van der Waals surface area (Å²) < 4.78 is 30.9. The highest BCUT2D eigenvalue weighted by atomic mass is 32.2. The summed E-state index contributed by atoms with van der Waals surface area (Å²) in [4.78, 5) is 15.4. The summed E-state index contributed by atoms with van der Waals surface area (Å²) >= 11 is 0. The van der Waals surface area contributed by atoms with Gasteiger partial charge in [-0.05, 0) is 80.2 Å². The van der Waals surface area contributed by atoms with Crippen molar-refractivity contribution in [1.29, 1.82) is 0 Å². The fourth-order valence-corrected chi connectivity index (χ4v) is 5.67. The highest BCUT2D eigenvalue weighted by Crippen LogP contribution is 2.30. The SMILES string of the molecule is COc1ccc([C@@H](CNC(=O)c2ccc3c(c2)CCCN3S(C)(=O)=O)N2CCCC2)cc1. The zero-order chi connectivity index (χ0) is 22.7. The number of anilines is 1. The minimum atomic E-state index is -3.32. The van der Waals surface area contributed by atoms with Crippen molar-refractivity contribution in [2.24, 2.45) is 0 Å². The second kappa shape index (κ2) is 9.50. The van der Waals surface area contributed by atoms with E-state index in [0.717, 1.165) is 42.8 Å². The number of fused-ring (bicyclic) bond motifs is 1. The van der Waals surface area contributed by atoms with Gasteiger partial charge in [-0.3, -0.25) is 14.0 Å². The molecule has 0 aromatic heterocycles. The number of aryl methyl sites for hydroxylation is 1. The molecule has 2 heterocycles. The molecule has 4 rings (SSSR count). The molecule has 32 heavy (non-hydrogen) atoms. The van der Waals surface area contributed by atoms with E-state index in [2.05, 4.69) is 22.3 Å². The lowest BCUT2D eigenvalue weighted by atomic mass is 10.00. The Kier molecular flexibility index (Phi) is 6.71. The molecule has 0 bridgehead atoms. The van der Waals surface area contributed by atoms with E-state index in [9.17, 15) is 13.2 Å². The third kappa shape index (κ3) is 4.91. The standard InChI is InChI=1S/C24H31N3O4S/c1-31-21-10-7-18(8-11-21)23(26-13-3-4-14-26)17-25-24(28)20-9-12-22-19(16-20)6-5-15-27(22)32(2,29)30/h7-12,16,23H,3-6,13-15,17H2,1-2H3,(H,25,28)/t23-/m1/s1. The van der Waals surface area contributed by atoms with Crippen LogP contribution in [0.25, 0.3) is 0 Å². The Morgan fingerprint density at radius 3 is 2.44 bits per heavy atom. The first-order valence-corrected chi connectivity index (χ1v) is 13.0. The van der Waals surface area contributed by atoms with Crippen molar-refractivity contribution in [2.45, 2.75) is 31.7 Å². The van der Waals surface area contributed by atoms with Gasteiger partial charge in [0, 0.05) is 18.7 Å². The number of nitrogens with zero attached hydrogens (tertiary/aromatic N) is 2. The van der Waals surface area contributed by atoms with Crippen molar-refractivity contribution in [3.63, 3.8) is 0 Å². The first-order valence-electron chi connectivity index (χ1n) is 11.1. The lowest BCUT2D eigenvalue weighted by molar-refractivity contribution is 0.0938. The molecule has 2 aromatic carbocycles. The molecular weight excluding hydrogens is 426 g/mol. The number of nitrogens with one attached hydrogen (secondary N) is 1. The highest BCUT2D eigenvalue weighted by Gasteiger charge is 2.26. The maximum atomic E-state index is 13.0.